The Balaban J connectivity index is 3.28. The molecule has 1 aliphatic heterocycles. The highest BCUT2D eigenvalue weighted by Crippen LogP contribution is 2.65. The van der Waals surface area contributed by atoms with Crippen LogP contribution in [-0.4, -0.2) is 5.17 Å². The number of hydrogen-bond acceptors (Lipinski definition) is 2. The Morgan fingerprint density at radius 1 is 1.23 bits per heavy atom. The molecule has 0 aromatic carbocycles. The lowest BCUT2D eigenvalue weighted by molar-refractivity contribution is 0.799. The highest BCUT2D eigenvalue weighted by molar-refractivity contribution is 8.09. The molecular weight excluding hydrogens is 273 g/mol. The third-order valence-electron chi connectivity index (χ3n) is 1.44. The zero-order valence-corrected chi connectivity index (χ0v) is 10.8. The molecule has 1 aliphatic rings. The lowest BCUT2D eigenvalue weighted by atomic mass is 10.1. The predicted octanol–water partition coefficient (Wildman–Crippen LogP) is 5.17. The Kier molecular flexibility index (Phi) is 3.76. The third kappa shape index (κ3) is 2.87. The van der Waals surface area contributed by atoms with E-state index in [1.165, 1.54) is 0 Å². The van der Waals surface area contributed by atoms with E-state index in [0.29, 0.717) is 5.57 Å². The van der Waals surface area contributed by atoms with E-state index in [2.05, 4.69) is 9.51 Å². The normalized spacial score (nSPS) is 21.6. The van der Waals surface area contributed by atoms with Gasteiger partial charge in [0.25, 0.3) is 5.91 Å². The van der Waals surface area contributed by atoms with Crippen LogP contribution in [0.15, 0.2) is 20.2 Å². The van der Waals surface area contributed by atoms with Crippen LogP contribution in [0.25, 0.3) is 0 Å². The van der Waals surface area contributed by atoms with Crippen LogP contribution in [-0.2, 0) is 0 Å². The first-order valence-corrected chi connectivity index (χ1v) is 7.77. The highest BCUT2D eigenvalue weighted by atomic mass is 35.9. The van der Waals surface area contributed by atoms with Gasteiger partial charge in [-0.15, -0.1) is 0 Å². The maximum atomic E-state index is 5.86. The largest absolute Gasteiger partial charge is 0.255 e. The second-order valence-corrected chi connectivity index (χ2v) is 8.18. The third-order valence-corrected chi connectivity index (χ3v) is 4.04. The van der Waals surface area contributed by atoms with Gasteiger partial charge in [0.1, 0.15) is 10.3 Å². The number of rotatable bonds is 1. The Labute approximate surface area is 96.6 Å². The SMILES string of the molecule is CC(C)C1=C(Cl)N=P(Cl)(Cl)N=C1Cl. The van der Waals surface area contributed by atoms with E-state index in [0.717, 1.165) is 0 Å². The van der Waals surface area contributed by atoms with Crippen molar-refractivity contribution in [2.24, 2.45) is 15.4 Å². The molecule has 0 aromatic heterocycles. The maximum Gasteiger partial charge on any atom is 0.255 e. The minimum atomic E-state index is -2.69. The first-order chi connectivity index (χ1) is 5.83. The second-order valence-electron chi connectivity index (χ2n) is 2.81. The highest BCUT2D eigenvalue weighted by Gasteiger charge is 2.24. The Morgan fingerprint density at radius 3 is 2.15 bits per heavy atom. The summed E-state index contributed by atoms with van der Waals surface area (Å²) in [6.45, 7) is 3.89. The molecule has 0 amide bonds. The fraction of sp³-hybridized carbons (Fsp3) is 0.500. The van der Waals surface area contributed by atoms with Crippen LogP contribution in [0.4, 0.5) is 0 Å². The van der Waals surface area contributed by atoms with Gasteiger partial charge in [0, 0.05) is 5.57 Å². The molecule has 0 aromatic rings. The predicted molar refractivity (Wildman–Crippen MR) is 62.1 cm³/mol. The van der Waals surface area contributed by atoms with Gasteiger partial charge in [-0.3, -0.25) is 0 Å². The van der Waals surface area contributed by atoms with Crippen molar-refractivity contribution in [1.29, 1.82) is 0 Å². The molecule has 1 rings (SSSR count). The van der Waals surface area contributed by atoms with Gasteiger partial charge in [0.2, 0.25) is 0 Å². The standard InChI is InChI=1S/C6H7Cl4N2P/c1-3(2)4-5(7)11-13(9,10)12-6(4)8/h3H,1-2H3. The van der Waals surface area contributed by atoms with E-state index in [1.807, 2.05) is 13.8 Å². The molecule has 0 aliphatic carbocycles. The van der Waals surface area contributed by atoms with Gasteiger partial charge >= 0.3 is 0 Å². The molecular formula is C6H7Cl4N2P. The molecule has 0 saturated heterocycles. The van der Waals surface area contributed by atoms with Crippen LogP contribution in [0.2, 0.25) is 0 Å². The first-order valence-electron chi connectivity index (χ1n) is 3.51. The topological polar surface area (TPSA) is 24.7 Å². The minimum absolute atomic E-state index is 0.154. The van der Waals surface area contributed by atoms with Gasteiger partial charge in [-0.2, -0.15) is 0 Å². The van der Waals surface area contributed by atoms with E-state index in [-0.39, 0.29) is 16.2 Å². The van der Waals surface area contributed by atoms with Gasteiger partial charge in [-0.05, 0) is 28.4 Å². The first kappa shape index (κ1) is 11.9. The Bertz CT molecular complexity index is 339. The van der Waals surface area contributed by atoms with E-state index >= 15 is 0 Å². The Hall–Kier alpha value is 0.800. The van der Waals surface area contributed by atoms with Gasteiger partial charge in [0.05, 0.1) is 0 Å². The van der Waals surface area contributed by atoms with Crippen molar-refractivity contribution < 1.29 is 0 Å². The van der Waals surface area contributed by atoms with Gasteiger partial charge in [-0.25, -0.2) is 9.51 Å². The molecule has 7 heteroatoms. The molecule has 13 heavy (non-hydrogen) atoms. The average Bonchev–Trinajstić information content (AvgIpc) is 1.78. The van der Waals surface area contributed by atoms with Crippen LogP contribution in [0.3, 0.4) is 0 Å². The zero-order valence-electron chi connectivity index (χ0n) is 6.93. The molecule has 0 saturated carbocycles. The quantitative estimate of drug-likeness (QED) is 0.467. The zero-order chi connectivity index (χ0) is 10.2. The summed E-state index contributed by atoms with van der Waals surface area (Å²) in [6, 6.07) is 0. The Morgan fingerprint density at radius 2 is 1.77 bits per heavy atom. The van der Waals surface area contributed by atoms with Gasteiger partial charge in [0.15, 0.2) is 0 Å². The fourth-order valence-electron chi connectivity index (χ4n) is 0.903. The molecule has 1 heterocycles. The van der Waals surface area contributed by atoms with Crippen molar-refractivity contribution >= 4 is 56.8 Å². The van der Waals surface area contributed by atoms with Crippen molar-refractivity contribution in [2.75, 3.05) is 0 Å². The van der Waals surface area contributed by atoms with Crippen molar-refractivity contribution in [3.05, 3.63) is 10.7 Å². The van der Waals surface area contributed by atoms with Crippen molar-refractivity contribution in [1.82, 2.24) is 0 Å². The van der Waals surface area contributed by atoms with E-state index < -0.39 is 5.91 Å². The lowest BCUT2D eigenvalue weighted by Gasteiger charge is -2.16. The molecule has 74 valence electrons. The summed E-state index contributed by atoms with van der Waals surface area (Å²) in [5.41, 5.74) is 0.695. The minimum Gasteiger partial charge on any atom is -0.204 e. The number of hydrogen-bond donors (Lipinski definition) is 0. The average molecular weight is 280 g/mol. The van der Waals surface area contributed by atoms with Crippen molar-refractivity contribution in [3.63, 3.8) is 0 Å². The summed E-state index contributed by atoms with van der Waals surface area (Å²) in [6.07, 6.45) is 0. The monoisotopic (exact) mass is 278 g/mol. The number of halogens is 4. The van der Waals surface area contributed by atoms with Crippen LogP contribution >= 0.6 is 51.6 Å². The fourth-order valence-corrected chi connectivity index (χ4v) is 4.28. The molecule has 0 radical (unpaired) electrons. The molecule has 0 N–H and O–H groups in total. The van der Waals surface area contributed by atoms with Gasteiger partial charge in [-0.1, -0.05) is 37.0 Å². The van der Waals surface area contributed by atoms with Crippen LogP contribution in [0.1, 0.15) is 13.8 Å². The molecule has 0 fully saturated rings. The molecule has 0 spiro atoms. The lowest BCUT2D eigenvalue weighted by Crippen LogP contribution is -2.05. The van der Waals surface area contributed by atoms with Crippen LogP contribution < -0.4 is 0 Å². The maximum absolute atomic E-state index is 5.86. The van der Waals surface area contributed by atoms with Gasteiger partial charge < -0.3 is 0 Å². The summed E-state index contributed by atoms with van der Waals surface area (Å²) < 4.78 is 7.77. The second kappa shape index (κ2) is 4.12. The van der Waals surface area contributed by atoms with E-state index in [1.54, 1.807) is 0 Å². The van der Waals surface area contributed by atoms with Crippen molar-refractivity contribution in [2.45, 2.75) is 13.8 Å². The molecule has 2 nitrogen and oxygen atoms in total. The molecule has 0 unspecified atom stereocenters. The molecule has 0 atom stereocenters. The van der Waals surface area contributed by atoms with Crippen LogP contribution in [0.5, 0.6) is 0 Å². The summed E-state index contributed by atoms with van der Waals surface area (Å²) in [4.78, 5) is 0. The summed E-state index contributed by atoms with van der Waals surface area (Å²) >= 11 is 23.2. The van der Waals surface area contributed by atoms with Crippen molar-refractivity contribution in [3.8, 4) is 0 Å². The number of nitrogens with zero attached hydrogens (tertiary/aromatic N) is 2. The van der Waals surface area contributed by atoms with E-state index in [4.69, 9.17) is 45.7 Å². The summed E-state index contributed by atoms with van der Waals surface area (Å²) in [5.74, 6) is -2.54. The van der Waals surface area contributed by atoms with Crippen LogP contribution in [0, 0.1) is 5.92 Å². The summed E-state index contributed by atoms with van der Waals surface area (Å²) in [7, 11) is 0. The molecule has 0 bridgehead atoms. The van der Waals surface area contributed by atoms with E-state index in [9.17, 15) is 0 Å². The summed E-state index contributed by atoms with van der Waals surface area (Å²) in [5, 5.41) is 0.543. The number of allylic oxidation sites excluding steroid dienone is 1. The smallest absolute Gasteiger partial charge is 0.204 e.